The highest BCUT2D eigenvalue weighted by molar-refractivity contribution is 5.93. The summed E-state index contributed by atoms with van der Waals surface area (Å²) in [6, 6.07) is 13.9. The number of nitrogens with zero attached hydrogens (tertiary/aromatic N) is 4. The van der Waals surface area contributed by atoms with Gasteiger partial charge in [-0.1, -0.05) is 6.07 Å². The fraction of sp³-hybridized carbons (Fsp3) is 0.174. The molecule has 0 radical (unpaired) electrons. The number of aromatic nitrogens is 5. The molecule has 5 aromatic rings. The Morgan fingerprint density at radius 3 is 2.77 bits per heavy atom. The lowest BCUT2D eigenvalue weighted by Crippen LogP contribution is -2.04. The van der Waals surface area contributed by atoms with Crippen molar-refractivity contribution in [3.05, 3.63) is 66.6 Å². The van der Waals surface area contributed by atoms with Crippen LogP contribution in [0, 0.1) is 0 Å². The summed E-state index contributed by atoms with van der Waals surface area (Å²) >= 11 is 0. The molecular formula is C23H21N5O2. The summed E-state index contributed by atoms with van der Waals surface area (Å²) in [5.74, 6) is 1.53. The van der Waals surface area contributed by atoms with Crippen molar-refractivity contribution < 1.29 is 9.47 Å². The Bertz CT molecular complexity index is 1350. The number of methoxy groups -OCH3 is 1. The number of aromatic amines is 1. The lowest BCUT2D eigenvalue weighted by atomic mass is 10.0. The van der Waals surface area contributed by atoms with Crippen molar-refractivity contribution >= 4 is 21.8 Å². The van der Waals surface area contributed by atoms with Gasteiger partial charge in [-0.15, -0.1) is 0 Å². The number of hydrogen-bond acceptors (Lipinski definition) is 5. The summed E-state index contributed by atoms with van der Waals surface area (Å²) in [5.41, 5.74) is 4.67. The molecule has 1 unspecified atom stereocenters. The molecule has 0 bridgehead atoms. The second kappa shape index (κ2) is 7.18. The standard InChI is InChI=1S/C23H21N5O2/c1-14(19-10-17(29-3)11-22-18(19)5-4-8-24-22)30-16-6-7-21-20(9-16)23(27-26-21)15-12-25-28(2)13-15/h4-14H,1-3H3,(H,26,27). The predicted octanol–water partition coefficient (Wildman–Crippen LogP) is 4.66. The third-order valence-corrected chi connectivity index (χ3v) is 5.23. The van der Waals surface area contributed by atoms with E-state index < -0.39 is 0 Å². The third kappa shape index (κ3) is 3.14. The van der Waals surface area contributed by atoms with Crippen LogP contribution in [0.4, 0.5) is 0 Å². The Kier molecular flexibility index (Phi) is 4.35. The van der Waals surface area contributed by atoms with Crippen LogP contribution < -0.4 is 9.47 Å². The molecule has 3 heterocycles. The van der Waals surface area contributed by atoms with Crippen molar-refractivity contribution in [3.8, 4) is 22.8 Å². The van der Waals surface area contributed by atoms with Crippen molar-refractivity contribution in [2.45, 2.75) is 13.0 Å². The summed E-state index contributed by atoms with van der Waals surface area (Å²) in [6.45, 7) is 2.03. The van der Waals surface area contributed by atoms with E-state index in [1.807, 2.05) is 56.6 Å². The smallest absolute Gasteiger partial charge is 0.122 e. The average molecular weight is 399 g/mol. The molecule has 1 atom stereocenters. The number of fused-ring (bicyclic) bond motifs is 2. The van der Waals surface area contributed by atoms with Crippen molar-refractivity contribution in [1.29, 1.82) is 0 Å². The first-order valence-electron chi connectivity index (χ1n) is 9.69. The van der Waals surface area contributed by atoms with E-state index in [0.717, 1.165) is 50.1 Å². The molecule has 7 heteroatoms. The first-order valence-corrected chi connectivity index (χ1v) is 9.69. The molecular weight excluding hydrogens is 378 g/mol. The fourth-order valence-electron chi connectivity index (χ4n) is 3.74. The van der Waals surface area contributed by atoms with Crippen LogP contribution >= 0.6 is 0 Å². The van der Waals surface area contributed by atoms with Gasteiger partial charge in [-0.25, -0.2) is 0 Å². The van der Waals surface area contributed by atoms with E-state index >= 15 is 0 Å². The van der Waals surface area contributed by atoms with Gasteiger partial charge in [-0.3, -0.25) is 14.8 Å². The minimum Gasteiger partial charge on any atom is -0.497 e. The van der Waals surface area contributed by atoms with Gasteiger partial charge in [-0.05, 0) is 37.3 Å². The van der Waals surface area contributed by atoms with Gasteiger partial charge >= 0.3 is 0 Å². The zero-order valence-corrected chi connectivity index (χ0v) is 17.0. The molecule has 0 amide bonds. The van der Waals surface area contributed by atoms with E-state index in [9.17, 15) is 0 Å². The second-order valence-corrected chi connectivity index (χ2v) is 7.23. The van der Waals surface area contributed by atoms with E-state index in [0.29, 0.717) is 0 Å². The molecule has 0 aliphatic heterocycles. The summed E-state index contributed by atoms with van der Waals surface area (Å²) in [6.07, 6.45) is 5.34. The lowest BCUT2D eigenvalue weighted by molar-refractivity contribution is 0.228. The van der Waals surface area contributed by atoms with Gasteiger partial charge < -0.3 is 9.47 Å². The zero-order chi connectivity index (χ0) is 20.7. The normalized spacial score (nSPS) is 12.4. The van der Waals surface area contributed by atoms with Crippen LogP contribution in [0.2, 0.25) is 0 Å². The Labute approximate surface area is 173 Å². The number of benzene rings is 2. The van der Waals surface area contributed by atoms with Crippen LogP contribution in [0.1, 0.15) is 18.6 Å². The van der Waals surface area contributed by atoms with Crippen LogP contribution in [0.3, 0.4) is 0 Å². The minimum absolute atomic E-state index is 0.196. The number of rotatable bonds is 5. The van der Waals surface area contributed by atoms with Crippen LogP contribution in [0.25, 0.3) is 33.1 Å². The van der Waals surface area contributed by atoms with Crippen LogP contribution in [0.5, 0.6) is 11.5 Å². The molecule has 150 valence electrons. The van der Waals surface area contributed by atoms with Crippen molar-refractivity contribution in [2.75, 3.05) is 7.11 Å². The summed E-state index contributed by atoms with van der Waals surface area (Å²) in [5, 5.41) is 13.8. The Morgan fingerprint density at radius 1 is 1.07 bits per heavy atom. The van der Waals surface area contributed by atoms with Gasteiger partial charge in [0.2, 0.25) is 0 Å². The number of pyridine rings is 1. The zero-order valence-electron chi connectivity index (χ0n) is 17.0. The fourth-order valence-corrected chi connectivity index (χ4v) is 3.74. The van der Waals surface area contributed by atoms with E-state index in [2.05, 4.69) is 26.3 Å². The van der Waals surface area contributed by atoms with Crippen LogP contribution in [-0.4, -0.2) is 32.1 Å². The largest absolute Gasteiger partial charge is 0.497 e. The van der Waals surface area contributed by atoms with E-state index in [1.165, 1.54) is 0 Å². The van der Waals surface area contributed by atoms with Crippen molar-refractivity contribution in [1.82, 2.24) is 25.0 Å². The molecule has 5 rings (SSSR count). The van der Waals surface area contributed by atoms with E-state index in [4.69, 9.17) is 9.47 Å². The second-order valence-electron chi connectivity index (χ2n) is 7.23. The lowest BCUT2D eigenvalue weighted by Gasteiger charge is -2.18. The number of aryl methyl sites for hydroxylation is 1. The quantitative estimate of drug-likeness (QED) is 0.465. The van der Waals surface area contributed by atoms with Gasteiger partial charge in [0.1, 0.15) is 23.3 Å². The molecule has 1 N–H and O–H groups in total. The van der Waals surface area contributed by atoms with Gasteiger partial charge in [-0.2, -0.15) is 10.2 Å². The number of nitrogens with one attached hydrogen (secondary N) is 1. The summed E-state index contributed by atoms with van der Waals surface area (Å²) in [4.78, 5) is 4.47. The topological polar surface area (TPSA) is 77.9 Å². The predicted molar refractivity (Wildman–Crippen MR) is 116 cm³/mol. The van der Waals surface area contributed by atoms with E-state index in [-0.39, 0.29) is 6.10 Å². The Balaban J connectivity index is 1.52. The summed E-state index contributed by atoms with van der Waals surface area (Å²) in [7, 11) is 3.55. The number of H-pyrrole nitrogens is 1. The van der Waals surface area contributed by atoms with Gasteiger partial charge in [0.25, 0.3) is 0 Å². The molecule has 0 fully saturated rings. The SMILES string of the molecule is COc1cc(C(C)Oc2ccc3[nH]nc(-c4cnn(C)c4)c3c2)c2cccnc2c1. The summed E-state index contributed by atoms with van der Waals surface area (Å²) < 4.78 is 13.6. The van der Waals surface area contributed by atoms with E-state index in [1.54, 1.807) is 24.2 Å². The van der Waals surface area contributed by atoms with Gasteiger partial charge in [0, 0.05) is 47.4 Å². The van der Waals surface area contributed by atoms with Gasteiger partial charge in [0.15, 0.2) is 0 Å². The molecule has 30 heavy (non-hydrogen) atoms. The minimum atomic E-state index is -0.196. The maximum Gasteiger partial charge on any atom is 0.122 e. The average Bonchev–Trinajstić information content (AvgIpc) is 3.38. The first-order chi connectivity index (χ1) is 14.6. The molecule has 0 saturated carbocycles. The maximum atomic E-state index is 6.34. The molecule has 3 aromatic heterocycles. The Morgan fingerprint density at radius 2 is 1.97 bits per heavy atom. The molecule has 2 aromatic carbocycles. The molecule has 0 spiro atoms. The Hall–Kier alpha value is -3.87. The number of hydrogen-bond donors (Lipinski definition) is 1. The molecule has 7 nitrogen and oxygen atoms in total. The monoisotopic (exact) mass is 399 g/mol. The molecule has 0 aliphatic rings. The van der Waals surface area contributed by atoms with Crippen molar-refractivity contribution in [3.63, 3.8) is 0 Å². The maximum absolute atomic E-state index is 6.34. The molecule has 0 saturated heterocycles. The number of ether oxygens (including phenoxy) is 2. The first kappa shape index (κ1) is 18.2. The third-order valence-electron chi connectivity index (χ3n) is 5.23. The van der Waals surface area contributed by atoms with Crippen LogP contribution in [-0.2, 0) is 7.05 Å². The van der Waals surface area contributed by atoms with Crippen molar-refractivity contribution in [2.24, 2.45) is 7.05 Å². The highest BCUT2D eigenvalue weighted by Gasteiger charge is 2.16. The highest BCUT2D eigenvalue weighted by Crippen LogP contribution is 2.34. The van der Waals surface area contributed by atoms with Gasteiger partial charge in [0.05, 0.1) is 24.3 Å². The highest BCUT2D eigenvalue weighted by atomic mass is 16.5. The molecule has 0 aliphatic carbocycles. The van der Waals surface area contributed by atoms with Crippen LogP contribution in [0.15, 0.2) is 61.1 Å².